The van der Waals surface area contributed by atoms with Crippen LogP contribution in [0.1, 0.15) is 10.4 Å². The molecule has 3 aromatic rings. The van der Waals surface area contributed by atoms with Gasteiger partial charge in [-0.25, -0.2) is 4.39 Å². The molecule has 27 heavy (non-hydrogen) atoms. The van der Waals surface area contributed by atoms with Crippen LogP contribution in [0.4, 0.5) is 21.5 Å². The van der Waals surface area contributed by atoms with Crippen LogP contribution in [-0.4, -0.2) is 13.0 Å². The van der Waals surface area contributed by atoms with Gasteiger partial charge in [-0.1, -0.05) is 41.4 Å². The third-order valence-corrected chi connectivity index (χ3v) is 4.41. The average Bonchev–Trinajstić information content (AvgIpc) is 2.67. The maximum absolute atomic E-state index is 13.1. The number of para-hydroxylation sites is 1. The second-order valence-corrected chi connectivity index (χ2v) is 6.37. The van der Waals surface area contributed by atoms with Crippen molar-refractivity contribution in [3.63, 3.8) is 0 Å². The number of rotatable bonds is 5. The van der Waals surface area contributed by atoms with Crippen LogP contribution < -0.4 is 15.4 Å². The monoisotopic (exact) mass is 404 g/mol. The number of ether oxygens (including phenoxy) is 1. The molecular weight excluding hydrogens is 390 g/mol. The Balaban J connectivity index is 2.01. The van der Waals surface area contributed by atoms with E-state index in [-0.39, 0.29) is 21.4 Å². The number of halogens is 3. The lowest BCUT2D eigenvalue weighted by molar-refractivity contribution is 0.102. The highest BCUT2D eigenvalue weighted by Crippen LogP contribution is 2.42. The molecule has 138 valence electrons. The Bertz CT molecular complexity index is 964. The lowest BCUT2D eigenvalue weighted by Crippen LogP contribution is -2.14. The topological polar surface area (TPSA) is 50.4 Å². The van der Waals surface area contributed by atoms with E-state index in [1.54, 1.807) is 0 Å². The summed E-state index contributed by atoms with van der Waals surface area (Å²) in [5.74, 6) is -0.587. The molecule has 0 aliphatic heterocycles. The number of carbonyl (C=O) groups excluding carboxylic acids is 1. The third-order valence-electron chi connectivity index (χ3n) is 3.77. The average molecular weight is 405 g/mol. The van der Waals surface area contributed by atoms with Crippen LogP contribution in [0.2, 0.25) is 10.0 Å². The van der Waals surface area contributed by atoms with E-state index in [2.05, 4.69) is 10.6 Å². The van der Waals surface area contributed by atoms with Crippen LogP contribution in [-0.2, 0) is 0 Å². The summed E-state index contributed by atoms with van der Waals surface area (Å²) < 4.78 is 18.3. The van der Waals surface area contributed by atoms with Crippen molar-refractivity contribution in [1.82, 2.24) is 0 Å². The molecule has 0 bridgehead atoms. The zero-order valence-corrected chi connectivity index (χ0v) is 15.7. The number of hydrogen-bond acceptors (Lipinski definition) is 3. The summed E-state index contributed by atoms with van der Waals surface area (Å²) in [5, 5.41) is 6.21. The highest BCUT2D eigenvalue weighted by molar-refractivity contribution is 6.40. The van der Waals surface area contributed by atoms with Crippen LogP contribution in [0.25, 0.3) is 0 Å². The van der Waals surface area contributed by atoms with Gasteiger partial charge in [-0.05, 0) is 42.5 Å². The fourth-order valence-electron chi connectivity index (χ4n) is 2.49. The van der Waals surface area contributed by atoms with Gasteiger partial charge in [-0.15, -0.1) is 0 Å². The summed E-state index contributed by atoms with van der Waals surface area (Å²) in [6.07, 6.45) is 0. The van der Waals surface area contributed by atoms with Gasteiger partial charge in [0.25, 0.3) is 5.91 Å². The Labute approximate surface area is 165 Å². The number of methoxy groups -OCH3 is 1. The Morgan fingerprint density at radius 1 is 1.00 bits per heavy atom. The van der Waals surface area contributed by atoms with Gasteiger partial charge in [0.2, 0.25) is 0 Å². The number of benzene rings is 3. The second kappa shape index (κ2) is 8.29. The summed E-state index contributed by atoms with van der Waals surface area (Å²) in [6, 6.07) is 16.1. The zero-order valence-electron chi connectivity index (χ0n) is 14.2. The number of hydrogen-bond donors (Lipinski definition) is 2. The van der Waals surface area contributed by atoms with Crippen LogP contribution in [0.5, 0.6) is 5.75 Å². The summed E-state index contributed by atoms with van der Waals surface area (Å²) in [7, 11) is 1.44. The molecule has 7 heteroatoms. The molecule has 0 aliphatic carbocycles. The minimum Gasteiger partial charge on any atom is -0.494 e. The largest absolute Gasteiger partial charge is 0.494 e. The molecule has 0 saturated heterocycles. The summed E-state index contributed by atoms with van der Waals surface area (Å²) in [6.45, 7) is 0. The quantitative estimate of drug-likeness (QED) is 0.536. The van der Waals surface area contributed by atoms with Gasteiger partial charge in [0, 0.05) is 11.4 Å². The normalized spacial score (nSPS) is 10.4. The molecule has 0 radical (unpaired) electrons. The first kappa shape index (κ1) is 19.0. The van der Waals surface area contributed by atoms with Crippen molar-refractivity contribution in [3.8, 4) is 5.75 Å². The van der Waals surface area contributed by atoms with Gasteiger partial charge in [0.1, 0.15) is 10.8 Å². The lowest BCUT2D eigenvalue weighted by atomic mass is 10.1. The maximum Gasteiger partial charge on any atom is 0.257 e. The van der Waals surface area contributed by atoms with E-state index in [0.717, 1.165) is 5.69 Å². The predicted octanol–water partition coefficient (Wildman–Crippen LogP) is 6.14. The predicted molar refractivity (Wildman–Crippen MR) is 107 cm³/mol. The number of nitrogens with one attached hydrogen (secondary N) is 2. The molecule has 4 nitrogen and oxygen atoms in total. The van der Waals surface area contributed by atoms with Gasteiger partial charge in [-0.3, -0.25) is 4.79 Å². The SMILES string of the molecule is COc1c(Cl)cc(C(=O)Nc2ccc(F)cc2)c(Nc2ccccc2)c1Cl. The molecule has 0 aromatic heterocycles. The third kappa shape index (κ3) is 4.32. The fourth-order valence-corrected chi connectivity index (χ4v) is 3.14. The van der Waals surface area contributed by atoms with E-state index >= 15 is 0 Å². The van der Waals surface area contributed by atoms with E-state index in [1.165, 1.54) is 37.4 Å². The van der Waals surface area contributed by atoms with Crippen molar-refractivity contribution in [2.45, 2.75) is 0 Å². The number of amides is 1. The molecule has 2 N–H and O–H groups in total. The first-order valence-electron chi connectivity index (χ1n) is 7.94. The van der Waals surface area contributed by atoms with E-state index in [4.69, 9.17) is 27.9 Å². The van der Waals surface area contributed by atoms with E-state index < -0.39 is 11.7 Å². The first-order valence-corrected chi connectivity index (χ1v) is 8.70. The molecule has 0 unspecified atom stereocenters. The maximum atomic E-state index is 13.1. The van der Waals surface area contributed by atoms with Crippen molar-refractivity contribution >= 4 is 46.2 Å². The Kier molecular flexibility index (Phi) is 5.84. The standard InChI is InChI=1S/C20H15Cl2FN2O2/c1-27-19-16(21)11-15(20(26)25-14-9-7-12(23)8-10-14)18(17(19)22)24-13-5-3-2-4-6-13/h2-11,24H,1H3,(H,25,26). The lowest BCUT2D eigenvalue weighted by Gasteiger charge is -2.17. The molecule has 1 amide bonds. The number of anilines is 3. The van der Waals surface area contributed by atoms with Crippen LogP contribution in [0.15, 0.2) is 60.7 Å². The Morgan fingerprint density at radius 2 is 1.67 bits per heavy atom. The van der Waals surface area contributed by atoms with Gasteiger partial charge < -0.3 is 15.4 Å². The summed E-state index contributed by atoms with van der Waals surface area (Å²) >= 11 is 12.6. The molecule has 0 aliphatic rings. The smallest absolute Gasteiger partial charge is 0.257 e. The van der Waals surface area contributed by atoms with Crippen molar-refractivity contribution in [2.24, 2.45) is 0 Å². The molecular formula is C20H15Cl2FN2O2. The van der Waals surface area contributed by atoms with Crippen molar-refractivity contribution < 1.29 is 13.9 Å². The van der Waals surface area contributed by atoms with Gasteiger partial charge in [0.05, 0.1) is 23.4 Å². The highest BCUT2D eigenvalue weighted by Gasteiger charge is 2.21. The molecule has 0 atom stereocenters. The van der Waals surface area contributed by atoms with Gasteiger partial charge >= 0.3 is 0 Å². The number of carbonyl (C=O) groups is 1. The van der Waals surface area contributed by atoms with Crippen LogP contribution in [0, 0.1) is 5.82 Å². The zero-order chi connectivity index (χ0) is 19.4. The fraction of sp³-hybridized carbons (Fsp3) is 0.0500. The van der Waals surface area contributed by atoms with Crippen molar-refractivity contribution in [1.29, 1.82) is 0 Å². The second-order valence-electron chi connectivity index (χ2n) is 5.58. The van der Waals surface area contributed by atoms with E-state index in [9.17, 15) is 9.18 Å². The van der Waals surface area contributed by atoms with Crippen molar-refractivity contribution in [2.75, 3.05) is 17.7 Å². The van der Waals surface area contributed by atoms with Crippen molar-refractivity contribution in [3.05, 3.63) is 82.1 Å². The van der Waals surface area contributed by atoms with Crippen LogP contribution >= 0.6 is 23.2 Å². The summed E-state index contributed by atoms with van der Waals surface area (Å²) in [5.41, 5.74) is 1.75. The minimum absolute atomic E-state index is 0.179. The molecule has 0 saturated carbocycles. The molecule has 3 aromatic carbocycles. The Hall–Kier alpha value is -2.76. The summed E-state index contributed by atoms with van der Waals surface area (Å²) in [4.78, 5) is 12.8. The molecule has 3 rings (SSSR count). The van der Waals surface area contributed by atoms with Gasteiger partial charge in [-0.2, -0.15) is 0 Å². The van der Waals surface area contributed by atoms with E-state index in [0.29, 0.717) is 11.4 Å². The van der Waals surface area contributed by atoms with E-state index in [1.807, 2.05) is 30.3 Å². The van der Waals surface area contributed by atoms with Gasteiger partial charge in [0.15, 0.2) is 5.75 Å². The first-order chi connectivity index (χ1) is 13.0. The molecule has 0 heterocycles. The minimum atomic E-state index is -0.452. The molecule has 0 fully saturated rings. The highest BCUT2D eigenvalue weighted by atomic mass is 35.5. The van der Waals surface area contributed by atoms with Crippen LogP contribution in [0.3, 0.4) is 0 Å². The Morgan fingerprint density at radius 3 is 2.30 bits per heavy atom. The molecule has 0 spiro atoms.